The van der Waals surface area contributed by atoms with Gasteiger partial charge < -0.3 is 15.5 Å². The van der Waals surface area contributed by atoms with Gasteiger partial charge in [-0.2, -0.15) is 0 Å². The minimum atomic E-state index is -3.29. The average molecular weight is 549 g/mol. The molecular formula is C34H69NO3. The van der Waals surface area contributed by atoms with Crippen LogP contribution in [0.15, 0.2) is 0 Å². The maximum Gasteiger partial charge on any atom is 0.220 e. The van der Waals surface area contributed by atoms with E-state index in [-0.39, 0.29) is 18.9 Å². The lowest BCUT2D eigenvalue weighted by Gasteiger charge is -2.22. The van der Waals surface area contributed by atoms with Gasteiger partial charge in [-0.15, -0.1) is 0 Å². The Bertz CT molecular complexity index is 782. The van der Waals surface area contributed by atoms with Crippen molar-refractivity contribution in [2.45, 2.75) is 206 Å². The zero-order chi connectivity index (χ0) is 35.8. The summed E-state index contributed by atoms with van der Waals surface area (Å²) in [7, 11) is 0. The summed E-state index contributed by atoms with van der Waals surface area (Å²) in [5.41, 5.74) is 0. The molecule has 4 nitrogen and oxygen atoms in total. The molecule has 0 aromatic heterocycles. The molecule has 0 aliphatic carbocycles. The number of aliphatic hydroxyl groups is 2. The van der Waals surface area contributed by atoms with Crippen molar-refractivity contribution in [1.29, 1.82) is 0 Å². The van der Waals surface area contributed by atoms with E-state index in [9.17, 15) is 15.0 Å². The average Bonchev–Trinajstić information content (AvgIpc) is 2.99. The predicted molar refractivity (Wildman–Crippen MR) is 166 cm³/mol. The third-order valence-corrected chi connectivity index (χ3v) is 7.47. The SMILES string of the molecule is [2H]C([2H])([2H])C([2H])([2H])C([2H])([2H])C([2H])([2H])CCCCCCCCCCCC(=O)N[C@@H](CO)[C@H](O)CCCCCCCCCCCCCCC. The van der Waals surface area contributed by atoms with Crippen LogP contribution < -0.4 is 5.32 Å². The maximum atomic E-state index is 12.3. The zero-order valence-corrected chi connectivity index (χ0v) is 24.8. The first-order chi connectivity index (χ1) is 22.0. The number of rotatable bonds is 31. The van der Waals surface area contributed by atoms with E-state index >= 15 is 0 Å². The lowest BCUT2D eigenvalue weighted by Crippen LogP contribution is -2.45. The van der Waals surface area contributed by atoms with Crippen LogP contribution in [0.3, 0.4) is 0 Å². The molecule has 0 heterocycles. The maximum absolute atomic E-state index is 12.3. The van der Waals surface area contributed by atoms with Crippen LogP contribution in [0.4, 0.5) is 0 Å². The highest BCUT2D eigenvalue weighted by atomic mass is 16.3. The monoisotopic (exact) mass is 549 g/mol. The van der Waals surface area contributed by atoms with Crippen molar-refractivity contribution < 1.29 is 27.3 Å². The number of carbonyl (C=O) groups excluding carboxylic acids is 1. The molecule has 0 unspecified atom stereocenters. The molecule has 0 rings (SSSR count). The Balaban J connectivity index is 3.87. The van der Waals surface area contributed by atoms with Gasteiger partial charge in [-0.25, -0.2) is 0 Å². The van der Waals surface area contributed by atoms with Gasteiger partial charge in [0, 0.05) is 18.8 Å². The fourth-order valence-corrected chi connectivity index (χ4v) is 4.96. The first-order valence-corrected chi connectivity index (χ1v) is 16.1. The van der Waals surface area contributed by atoms with Gasteiger partial charge in [0.2, 0.25) is 5.91 Å². The number of nitrogens with one attached hydrogen (secondary N) is 1. The van der Waals surface area contributed by atoms with E-state index < -0.39 is 38.1 Å². The molecule has 3 N–H and O–H groups in total. The quantitative estimate of drug-likeness (QED) is 0.0755. The van der Waals surface area contributed by atoms with Gasteiger partial charge in [0.1, 0.15) is 0 Å². The first kappa shape index (κ1) is 24.0. The van der Waals surface area contributed by atoms with Crippen LogP contribution in [-0.2, 0) is 4.79 Å². The Morgan fingerprint density at radius 1 is 0.684 bits per heavy atom. The second kappa shape index (κ2) is 30.9. The third kappa shape index (κ3) is 27.0. The molecule has 0 fully saturated rings. The number of unbranched alkanes of at least 4 members (excludes halogenated alkanes) is 20. The molecule has 0 aromatic carbocycles. The standard InChI is InChI=1S/C34H69NO3/c1-3-5-7-9-11-13-15-17-19-21-23-25-27-29-33(37)32(31-36)35-34(38)30-28-26-24-22-20-18-16-14-12-10-8-6-4-2/h32-33,36-37H,3-31H2,1-2H3,(H,35,38)/t32-,33+/m0/s1/i2D3,4D2,6D2,8D2. The summed E-state index contributed by atoms with van der Waals surface area (Å²) in [5.74, 6) is -0.148. The van der Waals surface area contributed by atoms with Gasteiger partial charge in [0.15, 0.2) is 0 Å². The van der Waals surface area contributed by atoms with Gasteiger partial charge in [0.05, 0.1) is 18.8 Å². The Morgan fingerprint density at radius 2 is 1.13 bits per heavy atom. The summed E-state index contributed by atoms with van der Waals surface area (Å²) in [4.78, 5) is 12.3. The second-order valence-electron chi connectivity index (χ2n) is 11.1. The highest BCUT2D eigenvalue weighted by Gasteiger charge is 2.19. The molecule has 4 heteroatoms. The molecule has 0 spiro atoms. The molecule has 0 saturated carbocycles. The van der Waals surface area contributed by atoms with E-state index in [1.165, 1.54) is 64.2 Å². The number of hydrogen-bond donors (Lipinski definition) is 3. The lowest BCUT2D eigenvalue weighted by molar-refractivity contribution is -0.123. The number of aliphatic hydroxyl groups excluding tert-OH is 2. The minimum Gasteiger partial charge on any atom is -0.394 e. The number of carbonyl (C=O) groups is 1. The summed E-state index contributed by atoms with van der Waals surface area (Å²) < 4.78 is 68.9. The molecule has 38 heavy (non-hydrogen) atoms. The summed E-state index contributed by atoms with van der Waals surface area (Å²) >= 11 is 0. The molecule has 228 valence electrons. The van der Waals surface area contributed by atoms with Crippen molar-refractivity contribution >= 4 is 5.91 Å². The van der Waals surface area contributed by atoms with Gasteiger partial charge in [-0.1, -0.05) is 174 Å². The van der Waals surface area contributed by atoms with Crippen molar-refractivity contribution in [3.63, 3.8) is 0 Å². The van der Waals surface area contributed by atoms with E-state index in [1.54, 1.807) is 0 Å². The van der Waals surface area contributed by atoms with Crippen molar-refractivity contribution in [3.05, 3.63) is 0 Å². The highest BCUT2D eigenvalue weighted by Crippen LogP contribution is 2.15. The Kier molecular flexibility index (Phi) is 19.6. The van der Waals surface area contributed by atoms with Crippen LogP contribution >= 0.6 is 0 Å². The summed E-state index contributed by atoms with van der Waals surface area (Å²) in [6.45, 7) is -1.29. The third-order valence-electron chi connectivity index (χ3n) is 7.47. The smallest absolute Gasteiger partial charge is 0.220 e. The molecule has 0 saturated heterocycles. The van der Waals surface area contributed by atoms with Crippen molar-refractivity contribution in [3.8, 4) is 0 Å². The molecule has 2 atom stereocenters. The molecule has 0 aliphatic rings. The molecule has 0 aromatic rings. The number of hydrogen-bond acceptors (Lipinski definition) is 3. The Labute approximate surface area is 251 Å². The van der Waals surface area contributed by atoms with E-state index in [1.807, 2.05) is 0 Å². The fourth-order valence-electron chi connectivity index (χ4n) is 4.96. The zero-order valence-electron chi connectivity index (χ0n) is 33.8. The molecule has 0 radical (unpaired) electrons. The van der Waals surface area contributed by atoms with E-state index in [0.717, 1.165) is 64.2 Å². The summed E-state index contributed by atoms with van der Waals surface area (Å²) in [5, 5.41) is 22.9. The van der Waals surface area contributed by atoms with Gasteiger partial charge in [-0.05, 0) is 12.8 Å². The molecular weight excluding hydrogens is 470 g/mol. The van der Waals surface area contributed by atoms with Crippen LogP contribution in [0.25, 0.3) is 0 Å². The van der Waals surface area contributed by atoms with Crippen molar-refractivity contribution in [2.75, 3.05) is 6.61 Å². The first-order valence-electron chi connectivity index (χ1n) is 20.6. The topological polar surface area (TPSA) is 69.6 Å². The largest absolute Gasteiger partial charge is 0.394 e. The molecule has 0 aliphatic heterocycles. The fraction of sp³-hybridized carbons (Fsp3) is 0.971. The highest BCUT2D eigenvalue weighted by molar-refractivity contribution is 5.76. The van der Waals surface area contributed by atoms with Crippen LogP contribution in [0.2, 0.25) is 0 Å². The van der Waals surface area contributed by atoms with Crippen molar-refractivity contribution in [2.24, 2.45) is 0 Å². The Hall–Kier alpha value is -0.610. The van der Waals surface area contributed by atoms with Gasteiger partial charge in [-0.3, -0.25) is 4.79 Å². The van der Waals surface area contributed by atoms with Gasteiger partial charge >= 0.3 is 0 Å². The second-order valence-corrected chi connectivity index (χ2v) is 11.1. The van der Waals surface area contributed by atoms with Crippen LogP contribution in [0.1, 0.15) is 206 Å². The number of amides is 1. The van der Waals surface area contributed by atoms with E-state index in [2.05, 4.69) is 12.2 Å². The molecule has 1 amide bonds. The van der Waals surface area contributed by atoms with E-state index in [4.69, 9.17) is 12.3 Å². The van der Waals surface area contributed by atoms with Crippen LogP contribution in [-0.4, -0.2) is 34.9 Å². The lowest BCUT2D eigenvalue weighted by atomic mass is 10.0. The summed E-state index contributed by atoms with van der Waals surface area (Å²) in [6.07, 6.45) is 14.7. The predicted octanol–water partition coefficient (Wildman–Crippen LogP) is 9.79. The minimum absolute atomic E-state index is 0.148. The van der Waals surface area contributed by atoms with Gasteiger partial charge in [0.25, 0.3) is 0 Å². The molecule has 0 bridgehead atoms. The van der Waals surface area contributed by atoms with Crippen LogP contribution in [0, 0.1) is 0 Å². The van der Waals surface area contributed by atoms with Crippen LogP contribution in [0.5, 0.6) is 0 Å². The van der Waals surface area contributed by atoms with E-state index in [0.29, 0.717) is 25.7 Å². The normalized spacial score (nSPS) is 18.0. The Morgan fingerprint density at radius 3 is 1.61 bits per heavy atom. The van der Waals surface area contributed by atoms with Crippen molar-refractivity contribution in [1.82, 2.24) is 5.32 Å². The summed E-state index contributed by atoms with van der Waals surface area (Å²) in [6, 6.07) is -0.628.